The van der Waals surface area contributed by atoms with E-state index in [0.29, 0.717) is 40.2 Å². The van der Waals surface area contributed by atoms with Gasteiger partial charge in [-0.15, -0.1) is 0 Å². The highest BCUT2D eigenvalue weighted by Gasteiger charge is 2.26. The van der Waals surface area contributed by atoms with E-state index in [2.05, 4.69) is 9.55 Å². The second kappa shape index (κ2) is 9.10. The Labute approximate surface area is 247 Å². The first-order chi connectivity index (χ1) is 23.1. The van der Waals surface area contributed by atoms with Gasteiger partial charge < -0.3 is 14.2 Å². The fourth-order valence-electron chi connectivity index (χ4n) is 5.52. The Hall–Kier alpha value is -5.36. The molecule has 1 aliphatic rings. The van der Waals surface area contributed by atoms with Crippen LogP contribution in [0.2, 0.25) is 0 Å². The Bertz CT molecular complexity index is 2470. The number of ether oxygens (including phenoxy) is 1. The number of rotatable bonds is 4. The third kappa shape index (κ3) is 3.72. The predicted molar refractivity (Wildman–Crippen MR) is 164 cm³/mol. The summed E-state index contributed by atoms with van der Waals surface area (Å²) >= 11 is 0. The van der Waals surface area contributed by atoms with Crippen LogP contribution in [0.15, 0.2) is 115 Å². The van der Waals surface area contributed by atoms with Crippen LogP contribution in [0.4, 0.5) is 11.4 Å². The molecule has 0 aliphatic carbocycles. The lowest BCUT2D eigenvalue weighted by Gasteiger charge is -2.33. The van der Waals surface area contributed by atoms with Crippen molar-refractivity contribution in [1.82, 2.24) is 19.1 Å². The van der Waals surface area contributed by atoms with Gasteiger partial charge in [-0.3, -0.25) is 4.57 Å². The van der Waals surface area contributed by atoms with Crippen LogP contribution in [-0.2, 0) is 6.67 Å². The maximum atomic E-state index is 8.89. The molecule has 0 saturated carbocycles. The SMILES string of the molecule is [2H]c1c(Oc2ccc3c4c([2H])c([2H])c([2H])c([2H])c4n(-c4ccccn4)c3c2)cc(N2Cn3c(nc(C)c3C)-c3ccccc32)c([2H])c1[2H]. The number of anilines is 2. The van der Waals surface area contributed by atoms with E-state index in [0.717, 1.165) is 28.5 Å². The number of nitrogens with zero attached hydrogens (tertiary/aromatic N) is 5. The number of hydrogen-bond acceptors (Lipinski definition) is 4. The average molecular weight is 541 g/mol. The van der Waals surface area contributed by atoms with Gasteiger partial charge in [-0.25, -0.2) is 9.97 Å². The summed E-state index contributed by atoms with van der Waals surface area (Å²) < 4.78 is 70.5. The Morgan fingerprint density at radius 3 is 2.59 bits per heavy atom. The summed E-state index contributed by atoms with van der Waals surface area (Å²) in [6.07, 6.45) is 1.61. The van der Waals surface area contributed by atoms with E-state index in [4.69, 9.17) is 19.3 Å². The molecule has 3 aromatic heterocycles. The molecule has 0 bridgehead atoms. The number of benzene rings is 4. The molecule has 6 heteroatoms. The zero-order valence-corrected chi connectivity index (χ0v) is 22.3. The summed E-state index contributed by atoms with van der Waals surface area (Å²) in [5.74, 6) is 1.69. The lowest BCUT2D eigenvalue weighted by atomic mass is 10.1. The molecule has 8 rings (SSSR count). The maximum Gasteiger partial charge on any atom is 0.144 e. The normalized spacial score (nSPS) is 14.9. The minimum absolute atomic E-state index is 0.0805. The molecule has 0 atom stereocenters. The molecule has 0 spiro atoms. The van der Waals surface area contributed by atoms with Gasteiger partial charge in [0.1, 0.15) is 29.8 Å². The molecule has 7 aromatic rings. The van der Waals surface area contributed by atoms with E-state index in [1.165, 1.54) is 0 Å². The second-order valence-corrected chi connectivity index (χ2v) is 9.92. The fourth-order valence-corrected chi connectivity index (χ4v) is 5.52. The highest BCUT2D eigenvalue weighted by molar-refractivity contribution is 6.09. The molecule has 0 N–H and O–H groups in total. The molecular formula is C35H27N5O. The molecule has 41 heavy (non-hydrogen) atoms. The summed E-state index contributed by atoms with van der Waals surface area (Å²) in [6.45, 7) is 4.32. The van der Waals surface area contributed by atoms with Crippen molar-refractivity contribution in [2.45, 2.75) is 20.5 Å². The molecule has 198 valence electrons. The Morgan fingerprint density at radius 2 is 1.68 bits per heavy atom. The zero-order chi connectivity index (χ0) is 33.6. The number of imidazole rings is 1. The van der Waals surface area contributed by atoms with Gasteiger partial charge in [-0.2, -0.15) is 0 Å². The molecule has 0 unspecified atom stereocenters. The third-order valence-corrected chi connectivity index (χ3v) is 7.59. The van der Waals surface area contributed by atoms with E-state index < -0.39 is 0 Å². The number of aromatic nitrogens is 4. The minimum atomic E-state index is -0.346. The third-order valence-electron chi connectivity index (χ3n) is 7.59. The molecule has 0 amide bonds. The largest absolute Gasteiger partial charge is 0.457 e. The van der Waals surface area contributed by atoms with Crippen LogP contribution in [0, 0.1) is 13.8 Å². The quantitative estimate of drug-likeness (QED) is 0.224. The topological polar surface area (TPSA) is 48.1 Å². The summed E-state index contributed by atoms with van der Waals surface area (Å²) in [6, 6.07) is 18.2. The summed E-state index contributed by atoms with van der Waals surface area (Å²) in [4.78, 5) is 11.2. The van der Waals surface area contributed by atoms with Gasteiger partial charge >= 0.3 is 0 Å². The van der Waals surface area contributed by atoms with Crippen molar-refractivity contribution in [1.29, 1.82) is 0 Å². The smallest absolute Gasteiger partial charge is 0.144 e. The number of para-hydroxylation sites is 2. The van der Waals surface area contributed by atoms with E-state index in [1.54, 1.807) is 53.2 Å². The van der Waals surface area contributed by atoms with Gasteiger partial charge in [0.2, 0.25) is 0 Å². The maximum absolute atomic E-state index is 8.89. The van der Waals surface area contributed by atoms with Crippen LogP contribution < -0.4 is 9.64 Å². The highest BCUT2D eigenvalue weighted by Crippen LogP contribution is 2.42. The Kier molecular flexibility index (Phi) is 3.85. The molecule has 1 aliphatic heterocycles. The summed E-state index contributed by atoms with van der Waals surface area (Å²) in [5.41, 5.74) is 4.85. The average Bonchev–Trinajstić information content (AvgIpc) is 3.60. The number of aryl methyl sites for hydroxylation is 1. The van der Waals surface area contributed by atoms with E-state index in [9.17, 15) is 0 Å². The van der Waals surface area contributed by atoms with Crippen LogP contribution >= 0.6 is 0 Å². The van der Waals surface area contributed by atoms with Crippen molar-refractivity contribution in [3.05, 3.63) is 127 Å². The molecule has 0 saturated heterocycles. The molecular weight excluding hydrogens is 506 g/mol. The van der Waals surface area contributed by atoms with Gasteiger partial charge in [-0.1, -0.05) is 42.4 Å². The van der Waals surface area contributed by atoms with Crippen LogP contribution in [-0.4, -0.2) is 19.1 Å². The van der Waals surface area contributed by atoms with Gasteiger partial charge in [0.25, 0.3) is 0 Å². The van der Waals surface area contributed by atoms with E-state index in [-0.39, 0.29) is 53.6 Å². The standard InChI is InChI=1S/C35H27N5O/c1-23-24(2)38-22-39(31-14-5-4-13-30(31)35(38)37-23)25-10-9-11-26(20-25)41-27-17-18-29-28-12-3-6-15-32(28)40(33(29)21-27)34-16-7-8-19-36-34/h3-21H,22H2,1-2H3/i3D,6D,9D,10D,11D,12D,15D. The van der Waals surface area contributed by atoms with Crippen LogP contribution in [0.3, 0.4) is 0 Å². The van der Waals surface area contributed by atoms with Crippen molar-refractivity contribution in [3.63, 3.8) is 0 Å². The molecule has 4 aromatic carbocycles. The minimum Gasteiger partial charge on any atom is -0.457 e. The van der Waals surface area contributed by atoms with Crippen LogP contribution in [0.25, 0.3) is 39.0 Å². The first-order valence-corrected chi connectivity index (χ1v) is 13.2. The first kappa shape index (κ1) is 17.4. The zero-order valence-electron chi connectivity index (χ0n) is 29.3. The lowest BCUT2D eigenvalue weighted by Crippen LogP contribution is -2.26. The fraction of sp³-hybridized carbons (Fsp3) is 0.0857. The second-order valence-electron chi connectivity index (χ2n) is 9.92. The van der Waals surface area contributed by atoms with Gasteiger partial charge in [0, 0.05) is 46.0 Å². The van der Waals surface area contributed by atoms with E-state index in [1.807, 2.05) is 43.0 Å². The first-order valence-electron chi connectivity index (χ1n) is 16.7. The van der Waals surface area contributed by atoms with Crippen LogP contribution in [0.5, 0.6) is 11.5 Å². The molecule has 0 fully saturated rings. The van der Waals surface area contributed by atoms with Crippen molar-refractivity contribution in [2.24, 2.45) is 0 Å². The molecule has 4 heterocycles. The number of hydrogen-bond donors (Lipinski definition) is 0. The predicted octanol–water partition coefficient (Wildman–Crippen LogP) is 8.56. The summed E-state index contributed by atoms with van der Waals surface area (Å²) in [5, 5.41) is 0.938. The van der Waals surface area contributed by atoms with Crippen LogP contribution in [0.1, 0.15) is 21.0 Å². The van der Waals surface area contributed by atoms with E-state index >= 15 is 0 Å². The monoisotopic (exact) mass is 540 g/mol. The molecule has 0 radical (unpaired) electrons. The van der Waals surface area contributed by atoms with Gasteiger partial charge in [-0.05, 0) is 68.4 Å². The Morgan fingerprint density at radius 1 is 0.805 bits per heavy atom. The molecule has 6 nitrogen and oxygen atoms in total. The van der Waals surface area contributed by atoms with Gasteiger partial charge in [0.05, 0.1) is 32.0 Å². The summed E-state index contributed by atoms with van der Waals surface area (Å²) in [7, 11) is 0. The van der Waals surface area contributed by atoms with Crippen molar-refractivity contribution >= 4 is 33.2 Å². The lowest BCUT2D eigenvalue weighted by molar-refractivity contribution is 0.483. The van der Waals surface area contributed by atoms with Gasteiger partial charge in [0.15, 0.2) is 0 Å². The number of fused-ring (bicyclic) bond motifs is 6. The van der Waals surface area contributed by atoms with Crippen molar-refractivity contribution in [2.75, 3.05) is 4.90 Å². The number of pyridine rings is 1. The Balaban J connectivity index is 1.29. The van der Waals surface area contributed by atoms with Crippen molar-refractivity contribution < 1.29 is 14.3 Å². The van der Waals surface area contributed by atoms with Crippen molar-refractivity contribution in [3.8, 4) is 28.7 Å². The highest BCUT2D eigenvalue weighted by atomic mass is 16.5.